The zero-order valence-corrected chi connectivity index (χ0v) is 13.7. The van der Waals surface area contributed by atoms with Gasteiger partial charge in [0.05, 0.1) is 0 Å². The van der Waals surface area contributed by atoms with Gasteiger partial charge in [-0.1, -0.05) is 17.7 Å². The van der Waals surface area contributed by atoms with Gasteiger partial charge in [0.15, 0.2) is 5.82 Å². The molecule has 0 amide bonds. The van der Waals surface area contributed by atoms with Crippen LogP contribution in [0.4, 0.5) is 26.4 Å². The van der Waals surface area contributed by atoms with E-state index in [1.54, 1.807) is 18.2 Å². The largest absolute Gasteiger partial charge is 0.368 e. The van der Waals surface area contributed by atoms with E-state index in [-0.39, 0.29) is 28.6 Å². The van der Waals surface area contributed by atoms with Crippen LogP contribution < -0.4 is 11.1 Å². The van der Waals surface area contributed by atoms with Gasteiger partial charge in [-0.3, -0.25) is 4.98 Å². The van der Waals surface area contributed by atoms with Crippen molar-refractivity contribution in [3.63, 3.8) is 0 Å². The summed E-state index contributed by atoms with van der Waals surface area (Å²) in [6, 6.07) is 7.67. The van der Waals surface area contributed by atoms with E-state index in [0.29, 0.717) is 11.4 Å². The van der Waals surface area contributed by atoms with Crippen LogP contribution in [-0.2, 0) is 5.92 Å². The Morgan fingerprint density at radius 3 is 2.64 bits per heavy atom. The number of pyridine rings is 2. The molecule has 0 aliphatic heterocycles. The number of nitrogens with zero attached hydrogens (tertiary/aromatic N) is 5. The van der Waals surface area contributed by atoms with Crippen molar-refractivity contribution in [2.24, 2.45) is 0 Å². The van der Waals surface area contributed by atoms with Crippen LogP contribution in [-0.4, -0.2) is 24.9 Å². The second-order valence-corrected chi connectivity index (χ2v) is 5.52. The Bertz CT molecular complexity index is 914. The minimum absolute atomic E-state index is 0.0515. The maximum atomic E-state index is 13.4. The van der Waals surface area contributed by atoms with Crippen molar-refractivity contribution in [2.75, 3.05) is 11.1 Å². The van der Waals surface area contributed by atoms with Crippen molar-refractivity contribution in [1.82, 2.24) is 24.9 Å². The van der Waals surface area contributed by atoms with E-state index in [4.69, 9.17) is 17.3 Å². The number of nitrogens with two attached hydrogens (primary N) is 1. The summed E-state index contributed by atoms with van der Waals surface area (Å²) in [5.74, 6) is -2.83. The van der Waals surface area contributed by atoms with Crippen LogP contribution in [0.15, 0.2) is 36.5 Å². The molecule has 3 heterocycles. The summed E-state index contributed by atoms with van der Waals surface area (Å²) in [6.07, 6.45) is 1.26. The van der Waals surface area contributed by atoms with Gasteiger partial charge in [0.1, 0.15) is 16.5 Å². The third-order valence-corrected chi connectivity index (χ3v) is 3.27. The lowest BCUT2D eigenvalue weighted by Gasteiger charge is -2.11. The summed E-state index contributed by atoms with van der Waals surface area (Å²) in [4.78, 5) is 19.9. The number of anilines is 3. The molecule has 0 saturated carbocycles. The van der Waals surface area contributed by atoms with Crippen LogP contribution in [0.3, 0.4) is 0 Å². The first-order chi connectivity index (χ1) is 11.8. The molecular weight excluding hydrogens is 352 g/mol. The molecule has 0 spiro atoms. The zero-order valence-electron chi connectivity index (χ0n) is 12.9. The maximum Gasteiger partial charge on any atom is 0.287 e. The third kappa shape index (κ3) is 4.13. The van der Waals surface area contributed by atoms with E-state index >= 15 is 0 Å². The van der Waals surface area contributed by atoms with Crippen molar-refractivity contribution in [2.45, 2.75) is 12.8 Å². The molecule has 7 nitrogen and oxygen atoms in total. The van der Waals surface area contributed by atoms with Crippen LogP contribution in [0.25, 0.3) is 11.5 Å². The molecule has 10 heteroatoms. The Hall–Kier alpha value is -2.94. The smallest absolute Gasteiger partial charge is 0.287 e. The highest BCUT2D eigenvalue weighted by Gasteiger charge is 2.26. The lowest BCUT2D eigenvalue weighted by atomic mass is 10.2. The fourth-order valence-corrected chi connectivity index (χ4v) is 2.14. The summed E-state index contributed by atoms with van der Waals surface area (Å²) in [7, 11) is 0. The van der Waals surface area contributed by atoms with Crippen molar-refractivity contribution in [1.29, 1.82) is 0 Å². The fourth-order valence-electron chi connectivity index (χ4n) is 1.97. The maximum absolute atomic E-state index is 13.4. The molecule has 0 fully saturated rings. The third-order valence-electron chi connectivity index (χ3n) is 3.06. The first kappa shape index (κ1) is 16.9. The van der Waals surface area contributed by atoms with Crippen LogP contribution in [0.5, 0.6) is 0 Å². The lowest BCUT2D eigenvalue weighted by Crippen LogP contribution is -2.10. The molecule has 0 radical (unpaired) electrons. The number of nitrogen functional groups attached to an aromatic ring is 1. The summed E-state index contributed by atoms with van der Waals surface area (Å²) in [6.45, 7) is 0.767. The highest BCUT2D eigenvalue weighted by Crippen LogP contribution is 2.27. The molecule has 3 N–H and O–H groups in total. The van der Waals surface area contributed by atoms with Crippen LogP contribution in [0, 0.1) is 0 Å². The number of halogens is 3. The minimum atomic E-state index is -3.06. The van der Waals surface area contributed by atoms with Gasteiger partial charge in [-0.05, 0) is 24.3 Å². The first-order valence-electron chi connectivity index (χ1n) is 7.07. The van der Waals surface area contributed by atoms with Gasteiger partial charge in [0.2, 0.25) is 11.9 Å². The Morgan fingerprint density at radius 2 is 1.92 bits per heavy atom. The number of hydrogen-bond acceptors (Lipinski definition) is 7. The molecule has 0 saturated heterocycles. The normalized spacial score (nSPS) is 11.4. The quantitative estimate of drug-likeness (QED) is 0.684. The molecule has 0 unspecified atom stereocenters. The lowest BCUT2D eigenvalue weighted by molar-refractivity contribution is 0.0128. The second-order valence-electron chi connectivity index (χ2n) is 5.13. The van der Waals surface area contributed by atoms with E-state index in [9.17, 15) is 8.78 Å². The van der Waals surface area contributed by atoms with E-state index in [1.807, 2.05) is 0 Å². The molecule has 0 aromatic carbocycles. The summed E-state index contributed by atoms with van der Waals surface area (Å²) < 4.78 is 26.8. The van der Waals surface area contributed by atoms with Crippen molar-refractivity contribution < 1.29 is 8.78 Å². The predicted molar refractivity (Wildman–Crippen MR) is 89.6 cm³/mol. The van der Waals surface area contributed by atoms with Gasteiger partial charge >= 0.3 is 0 Å². The van der Waals surface area contributed by atoms with Gasteiger partial charge in [-0.15, -0.1) is 0 Å². The monoisotopic (exact) mass is 363 g/mol. The standard InChI is InChI=1S/C15H12ClF2N7/c1-15(17,18)10-7-8(5-6-20-10)21-14-24-12(23-13(19)25-14)9-3-2-4-11(16)22-9/h2-7H,1H3,(H3,19,20,21,23,24,25). The first-order valence-corrected chi connectivity index (χ1v) is 7.45. The van der Waals surface area contributed by atoms with Crippen molar-refractivity contribution in [3.05, 3.63) is 47.4 Å². The highest BCUT2D eigenvalue weighted by molar-refractivity contribution is 6.29. The molecule has 128 valence electrons. The number of aromatic nitrogens is 5. The van der Waals surface area contributed by atoms with Gasteiger partial charge in [0.25, 0.3) is 5.92 Å². The minimum Gasteiger partial charge on any atom is -0.368 e. The molecule has 0 bridgehead atoms. The van der Waals surface area contributed by atoms with Crippen molar-refractivity contribution in [3.8, 4) is 11.5 Å². The Labute approximate surface area is 146 Å². The molecule has 3 aromatic heterocycles. The van der Waals surface area contributed by atoms with Gasteiger partial charge in [-0.25, -0.2) is 4.98 Å². The number of hydrogen-bond donors (Lipinski definition) is 2. The van der Waals surface area contributed by atoms with Crippen LogP contribution >= 0.6 is 11.6 Å². The molecule has 0 aliphatic carbocycles. The van der Waals surface area contributed by atoms with E-state index < -0.39 is 5.92 Å². The summed E-state index contributed by atoms with van der Waals surface area (Å²) in [5, 5.41) is 3.08. The van der Waals surface area contributed by atoms with Gasteiger partial charge in [-0.2, -0.15) is 23.7 Å². The average Bonchev–Trinajstić information content (AvgIpc) is 2.54. The molecule has 3 aromatic rings. The van der Waals surface area contributed by atoms with Crippen LogP contribution in [0.2, 0.25) is 5.15 Å². The average molecular weight is 364 g/mol. The van der Waals surface area contributed by atoms with E-state index in [1.165, 1.54) is 18.3 Å². The van der Waals surface area contributed by atoms with E-state index in [0.717, 1.165) is 6.92 Å². The fraction of sp³-hybridized carbons (Fsp3) is 0.133. The molecule has 3 rings (SSSR count). The summed E-state index contributed by atoms with van der Waals surface area (Å²) in [5.41, 5.74) is 6.05. The zero-order chi connectivity index (χ0) is 18.0. The molecule has 0 atom stereocenters. The van der Waals surface area contributed by atoms with Crippen LogP contribution in [0.1, 0.15) is 12.6 Å². The Kier molecular flexibility index (Phi) is 4.41. The van der Waals surface area contributed by atoms with Gasteiger partial charge < -0.3 is 11.1 Å². The topological polar surface area (TPSA) is 102 Å². The Morgan fingerprint density at radius 1 is 1.12 bits per heavy atom. The molecule has 0 aliphatic rings. The number of nitrogens with one attached hydrogen (secondary N) is 1. The summed E-state index contributed by atoms with van der Waals surface area (Å²) >= 11 is 5.86. The predicted octanol–water partition coefficient (Wildman–Crippen LogP) is 3.42. The second kappa shape index (κ2) is 6.52. The SMILES string of the molecule is CC(F)(F)c1cc(Nc2nc(N)nc(-c3cccc(Cl)n3)n2)ccn1. The number of rotatable bonds is 4. The molecule has 25 heavy (non-hydrogen) atoms. The Balaban J connectivity index is 1.94. The van der Waals surface area contributed by atoms with Crippen molar-refractivity contribution >= 4 is 29.2 Å². The molecular formula is C15H12ClF2N7. The van der Waals surface area contributed by atoms with E-state index in [2.05, 4.69) is 30.2 Å². The number of alkyl halides is 2. The van der Waals surface area contributed by atoms with Gasteiger partial charge in [0, 0.05) is 18.8 Å². The highest BCUT2D eigenvalue weighted by atomic mass is 35.5.